The van der Waals surface area contributed by atoms with Crippen LogP contribution in [0.2, 0.25) is 5.02 Å². The maximum absolute atomic E-state index is 11.2. The Morgan fingerprint density at radius 2 is 2.00 bits per heavy atom. The van der Waals surface area contributed by atoms with Crippen molar-refractivity contribution in [2.24, 2.45) is 0 Å². The summed E-state index contributed by atoms with van der Waals surface area (Å²) in [5.74, 6) is -0.0877. The molecule has 110 valence electrons. The molecular weight excluding hydrogens is 290 g/mol. The molecule has 0 unspecified atom stereocenters. The van der Waals surface area contributed by atoms with Gasteiger partial charge in [-0.2, -0.15) is 0 Å². The van der Waals surface area contributed by atoms with E-state index in [1.807, 2.05) is 26.8 Å². The highest BCUT2D eigenvalue weighted by atomic mass is 35.5. The Labute approximate surface area is 128 Å². The molecule has 5 heteroatoms. The molecular formula is C16H16ClNO3. The molecule has 2 aromatic rings. The number of pyridine rings is 1. The fourth-order valence-corrected chi connectivity index (χ4v) is 1.96. The minimum atomic E-state index is -1.01. The summed E-state index contributed by atoms with van der Waals surface area (Å²) in [6.45, 7) is 5.78. The van der Waals surface area contributed by atoms with Gasteiger partial charge in [0.15, 0.2) is 0 Å². The maximum Gasteiger partial charge on any atom is 0.335 e. The Balaban J connectivity index is 2.43. The van der Waals surface area contributed by atoms with E-state index in [0.29, 0.717) is 16.5 Å². The minimum Gasteiger partial charge on any atom is -0.478 e. The molecule has 0 aliphatic heterocycles. The first kappa shape index (κ1) is 15.3. The molecule has 2 rings (SSSR count). The molecule has 4 nitrogen and oxygen atoms in total. The molecule has 0 aliphatic rings. The topological polar surface area (TPSA) is 59.4 Å². The number of ether oxygens (including phenoxy) is 1. The van der Waals surface area contributed by atoms with Crippen LogP contribution in [0.15, 0.2) is 30.3 Å². The van der Waals surface area contributed by atoms with Crippen molar-refractivity contribution in [2.45, 2.75) is 26.7 Å². The molecule has 0 spiro atoms. The summed E-state index contributed by atoms with van der Waals surface area (Å²) in [6.07, 6.45) is 0. The number of halogens is 1. The van der Waals surface area contributed by atoms with Gasteiger partial charge in [-0.05, 0) is 36.6 Å². The number of aromatic nitrogens is 1. The van der Waals surface area contributed by atoms with Crippen molar-refractivity contribution in [1.82, 2.24) is 4.98 Å². The molecule has 0 saturated heterocycles. The molecule has 0 saturated carbocycles. The quantitative estimate of drug-likeness (QED) is 0.892. The van der Waals surface area contributed by atoms with Gasteiger partial charge < -0.3 is 9.84 Å². The second-order valence-electron chi connectivity index (χ2n) is 5.09. The highest BCUT2D eigenvalue weighted by Gasteiger charge is 2.13. The first-order valence-corrected chi connectivity index (χ1v) is 6.94. The van der Waals surface area contributed by atoms with Crippen molar-refractivity contribution in [3.63, 3.8) is 0 Å². The SMILES string of the molecule is Cc1ccc(Cl)cc1Oc1cc(C(=O)O)cc(C(C)C)n1. The first-order chi connectivity index (χ1) is 9.86. The second-order valence-corrected chi connectivity index (χ2v) is 5.53. The predicted molar refractivity (Wildman–Crippen MR) is 81.5 cm³/mol. The lowest BCUT2D eigenvalue weighted by atomic mass is 10.1. The summed E-state index contributed by atoms with van der Waals surface area (Å²) in [6, 6.07) is 8.26. The van der Waals surface area contributed by atoms with Crippen molar-refractivity contribution < 1.29 is 14.6 Å². The largest absolute Gasteiger partial charge is 0.478 e. The van der Waals surface area contributed by atoms with E-state index < -0.39 is 5.97 Å². The minimum absolute atomic E-state index is 0.104. The van der Waals surface area contributed by atoms with Gasteiger partial charge in [-0.15, -0.1) is 0 Å². The molecule has 0 aliphatic carbocycles. The third-order valence-corrected chi connectivity index (χ3v) is 3.26. The second kappa shape index (κ2) is 6.14. The zero-order valence-corrected chi connectivity index (χ0v) is 12.8. The number of carboxylic acid groups (broad SMARTS) is 1. The van der Waals surface area contributed by atoms with Crippen LogP contribution in [0, 0.1) is 6.92 Å². The van der Waals surface area contributed by atoms with E-state index in [2.05, 4.69) is 4.98 Å². The van der Waals surface area contributed by atoms with Crippen LogP contribution in [0.25, 0.3) is 0 Å². The summed E-state index contributed by atoms with van der Waals surface area (Å²) >= 11 is 5.95. The van der Waals surface area contributed by atoms with E-state index in [1.165, 1.54) is 6.07 Å². The van der Waals surface area contributed by atoms with Gasteiger partial charge in [0.05, 0.1) is 5.56 Å². The molecule has 1 N–H and O–H groups in total. The zero-order chi connectivity index (χ0) is 15.6. The van der Waals surface area contributed by atoms with Gasteiger partial charge in [-0.1, -0.05) is 31.5 Å². The van der Waals surface area contributed by atoms with Crippen LogP contribution in [0.3, 0.4) is 0 Å². The van der Waals surface area contributed by atoms with E-state index in [0.717, 1.165) is 5.56 Å². The fraction of sp³-hybridized carbons (Fsp3) is 0.250. The van der Waals surface area contributed by atoms with Gasteiger partial charge in [0.2, 0.25) is 5.88 Å². The van der Waals surface area contributed by atoms with E-state index in [9.17, 15) is 9.90 Å². The molecule has 0 bridgehead atoms. The van der Waals surface area contributed by atoms with Gasteiger partial charge in [0, 0.05) is 16.8 Å². The van der Waals surface area contributed by atoms with Crippen molar-refractivity contribution in [3.8, 4) is 11.6 Å². The summed E-state index contributed by atoms with van der Waals surface area (Å²) < 4.78 is 5.71. The van der Waals surface area contributed by atoms with Crippen LogP contribution >= 0.6 is 11.6 Å². The van der Waals surface area contributed by atoms with E-state index in [-0.39, 0.29) is 17.4 Å². The lowest BCUT2D eigenvalue weighted by molar-refractivity contribution is 0.0696. The molecule has 0 atom stereocenters. The maximum atomic E-state index is 11.2. The molecule has 1 aromatic heterocycles. The van der Waals surface area contributed by atoms with Gasteiger partial charge >= 0.3 is 5.97 Å². The molecule has 0 amide bonds. The fourth-order valence-electron chi connectivity index (χ4n) is 1.79. The van der Waals surface area contributed by atoms with E-state index in [1.54, 1.807) is 18.2 Å². The molecule has 0 fully saturated rings. The van der Waals surface area contributed by atoms with Crippen molar-refractivity contribution in [3.05, 3.63) is 52.2 Å². The average molecular weight is 306 g/mol. The zero-order valence-electron chi connectivity index (χ0n) is 12.1. The Hall–Kier alpha value is -2.07. The average Bonchev–Trinajstić information content (AvgIpc) is 2.42. The highest BCUT2D eigenvalue weighted by Crippen LogP contribution is 2.28. The van der Waals surface area contributed by atoms with Crippen LogP contribution in [-0.2, 0) is 0 Å². The Morgan fingerprint density at radius 1 is 1.29 bits per heavy atom. The van der Waals surface area contributed by atoms with E-state index in [4.69, 9.17) is 16.3 Å². The molecule has 1 aromatic carbocycles. The monoisotopic (exact) mass is 305 g/mol. The van der Waals surface area contributed by atoms with Crippen molar-refractivity contribution in [2.75, 3.05) is 0 Å². The third-order valence-electron chi connectivity index (χ3n) is 3.02. The first-order valence-electron chi connectivity index (χ1n) is 6.56. The Kier molecular flexibility index (Phi) is 4.48. The number of hydrogen-bond acceptors (Lipinski definition) is 3. The van der Waals surface area contributed by atoms with Gasteiger partial charge in [0.1, 0.15) is 5.75 Å². The molecule has 1 heterocycles. The lowest BCUT2D eigenvalue weighted by Crippen LogP contribution is -2.03. The van der Waals surface area contributed by atoms with Gasteiger partial charge in [0.25, 0.3) is 0 Å². The van der Waals surface area contributed by atoms with Crippen LogP contribution in [0.1, 0.15) is 41.4 Å². The van der Waals surface area contributed by atoms with Gasteiger partial charge in [-0.25, -0.2) is 9.78 Å². The van der Waals surface area contributed by atoms with Gasteiger partial charge in [-0.3, -0.25) is 0 Å². The normalized spacial score (nSPS) is 10.7. The Morgan fingerprint density at radius 3 is 2.62 bits per heavy atom. The van der Waals surface area contributed by atoms with Crippen LogP contribution in [0.5, 0.6) is 11.6 Å². The van der Waals surface area contributed by atoms with Crippen LogP contribution in [-0.4, -0.2) is 16.1 Å². The van der Waals surface area contributed by atoms with Crippen LogP contribution < -0.4 is 4.74 Å². The third kappa shape index (κ3) is 3.73. The summed E-state index contributed by atoms with van der Waals surface area (Å²) in [5.41, 5.74) is 1.72. The number of rotatable bonds is 4. The van der Waals surface area contributed by atoms with E-state index >= 15 is 0 Å². The molecule has 0 radical (unpaired) electrons. The number of carbonyl (C=O) groups is 1. The number of hydrogen-bond donors (Lipinski definition) is 1. The highest BCUT2D eigenvalue weighted by molar-refractivity contribution is 6.30. The predicted octanol–water partition coefficient (Wildman–Crippen LogP) is 4.66. The van der Waals surface area contributed by atoms with Crippen molar-refractivity contribution >= 4 is 17.6 Å². The molecule has 21 heavy (non-hydrogen) atoms. The summed E-state index contributed by atoms with van der Waals surface area (Å²) in [5, 5.41) is 9.73. The number of aromatic carboxylic acids is 1. The van der Waals surface area contributed by atoms with Crippen molar-refractivity contribution in [1.29, 1.82) is 0 Å². The summed E-state index contributed by atoms with van der Waals surface area (Å²) in [7, 11) is 0. The number of nitrogens with zero attached hydrogens (tertiary/aromatic N) is 1. The van der Waals surface area contributed by atoms with Crippen LogP contribution in [0.4, 0.5) is 0 Å². The smallest absolute Gasteiger partial charge is 0.335 e. The lowest BCUT2D eigenvalue weighted by Gasteiger charge is -2.12. The number of aryl methyl sites for hydroxylation is 1. The summed E-state index contributed by atoms with van der Waals surface area (Å²) in [4.78, 5) is 15.5. The Bertz CT molecular complexity index is 683. The number of carboxylic acids is 1. The number of benzene rings is 1. The standard InChI is InChI=1S/C16H16ClNO3/c1-9(2)13-6-11(16(19)20)7-15(18-13)21-14-8-12(17)5-4-10(14)3/h4-9H,1-3H3,(H,19,20).